The average Bonchev–Trinajstić information content (AvgIpc) is 3.14. The SMILES string of the molecule is COC(=O)c1ccccc1NC(=O)c1ccc2c(c1)C[C@@H](C)N2S(=O)(=O)c1ccc(C)cc1. The van der Waals surface area contributed by atoms with Crippen molar-refractivity contribution in [2.75, 3.05) is 16.7 Å². The van der Waals surface area contributed by atoms with Crippen LogP contribution in [0.1, 0.15) is 38.8 Å². The number of nitrogens with zero attached hydrogens (tertiary/aromatic N) is 1. The van der Waals surface area contributed by atoms with E-state index in [-0.39, 0.29) is 16.5 Å². The van der Waals surface area contributed by atoms with Gasteiger partial charge in [-0.15, -0.1) is 0 Å². The van der Waals surface area contributed by atoms with Crippen LogP contribution >= 0.6 is 0 Å². The topological polar surface area (TPSA) is 92.8 Å². The van der Waals surface area contributed by atoms with Crippen LogP contribution in [0.4, 0.5) is 11.4 Å². The largest absolute Gasteiger partial charge is 0.465 e. The maximum Gasteiger partial charge on any atom is 0.339 e. The number of carbonyl (C=O) groups is 2. The lowest BCUT2D eigenvalue weighted by Crippen LogP contribution is -2.35. The average molecular weight is 465 g/mol. The molecular weight excluding hydrogens is 440 g/mol. The van der Waals surface area contributed by atoms with Crippen molar-refractivity contribution >= 4 is 33.3 Å². The third kappa shape index (κ3) is 4.21. The molecule has 8 heteroatoms. The fourth-order valence-corrected chi connectivity index (χ4v) is 5.70. The number of sulfonamides is 1. The fourth-order valence-electron chi connectivity index (χ4n) is 4.01. The zero-order valence-electron chi connectivity index (χ0n) is 18.5. The van der Waals surface area contributed by atoms with Gasteiger partial charge in [-0.05, 0) is 68.3 Å². The summed E-state index contributed by atoms with van der Waals surface area (Å²) in [5.41, 5.74) is 3.27. The Bertz CT molecular complexity index is 1330. The summed E-state index contributed by atoms with van der Waals surface area (Å²) in [7, 11) is -2.46. The van der Waals surface area contributed by atoms with Crippen LogP contribution in [0.3, 0.4) is 0 Å². The first-order valence-corrected chi connectivity index (χ1v) is 11.9. The van der Waals surface area contributed by atoms with Gasteiger partial charge in [0, 0.05) is 11.6 Å². The minimum absolute atomic E-state index is 0.231. The summed E-state index contributed by atoms with van der Waals surface area (Å²) in [5.74, 6) is -0.952. The first-order chi connectivity index (χ1) is 15.7. The van der Waals surface area contributed by atoms with E-state index in [1.54, 1.807) is 66.7 Å². The van der Waals surface area contributed by atoms with E-state index in [2.05, 4.69) is 5.32 Å². The molecule has 0 aliphatic carbocycles. The maximum atomic E-state index is 13.3. The number of hydrogen-bond acceptors (Lipinski definition) is 5. The minimum atomic E-state index is -3.74. The molecule has 0 saturated carbocycles. The van der Waals surface area contributed by atoms with E-state index in [1.807, 2.05) is 13.8 Å². The van der Waals surface area contributed by atoms with Crippen LogP contribution in [0.5, 0.6) is 0 Å². The van der Waals surface area contributed by atoms with Crippen LogP contribution in [0.2, 0.25) is 0 Å². The normalized spacial score (nSPS) is 15.1. The number of anilines is 2. The van der Waals surface area contributed by atoms with Crippen LogP contribution in [-0.4, -0.2) is 33.4 Å². The smallest absolute Gasteiger partial charge is 0.339 e. The van der Waals surface area contributed by atoms with Crippen molar-refractivity contribution in [3.8, 4) is 0 Å². The third-order valence-corrected chi connectivity index (χ3v) is 7.60. The highest BCUT2D eigenvalue weighted by atomic mass is 32.2. The molecule has 1 amide bonds. The number of rotatable bonds is 5. The van der Waals surface area contributed by atoms with Gasteiger partial charge >= 0.3 is 5.97 Å². The molecule has 3 aromatic rings. The quantitative estimate of drug-likeness (QED) is 0.572. The van der Waals surface area contributed by atoms with Crippen molar-refractivity contribution in [2.45, 2.75) is 31.2 Å². The van der Waals surface area contributed by atoms with Crippen molar-refractivity contribution in [2.24, 2.45) is 0 Å². The van der Waals surface area contributed by atoms with Gasteiger partial charge < -0.3 is 10.1 Å². The van der Waals surface area contributed by atoms with Gasteiger partial charge in [-0.1, -0.05) is 29.8 Å². The van der Waals surface area contributed by atoms with Gasteiger partial charge in [0.2, 0.25) is 0 Å². The van der Waals surface area contributed by atoms with E-state index >= 15 is 0 Å². The lowest BCUT2D eigenvalue weighted by molar-refractivity contribution is 0.0602. The summed E-state index contributed by atoms with van der Waals surface area (Å²) in [5, 5.41) is 2.75. The molecule has 0 saturated heterocycles. The zero-order chi connectivity index (χ0) is 23.8. The van der Waals surface area contributed by atoms with E-state index in [9.17, 15) is 18.0 Å². The van der Waals surface area contributed by atoms with Gasteiger partial charge in [0.15, 0.2) is 0 Å². The van der Waals surface area contributed by atoms with E-state index < -0.39 is 21.9 Å². The van der Waals surface area contributed by atoms with E-state index in [4.69, 9.17) is 4.74 Å². The number of hydrogen-bond donors (Lipinski definition) is 1. The predicted molar refractivity (Wildman–Crippen MR) is 126 cm³/mol. The number of nitrogens with one attached hydrogen (secondary N) is 1. The number of ether oxygens (including phenoxy) is 1. The summed E-state index contributed by atoms with van der Waals surface area (Å²) < 4.78 is 32.8. The first kappa shape index (κ1) is 22.5. The van der Waals surface area contributed by atoms with Gasteiger partial charge in [-0.25, -0.2) is 13.2 Å². The standard InChI is InChI=1S/C25H24N2O5S/c1-16-8-11-20(12-9-16)33(30,31)27-17(2)14-19-15-18(10-13-23(19)27)24(28)26-22-7-5-4-6-21(22)25(29)32-3/h4-13,15,17H,14H2,1-3H3,(H,26,28)/t17-/m1/s1. The summed E-state index contributed by atoms with van der Waals surface area (Å²) in [6, 6.07) is 18.0. The molecule has 4 rings (SSSR count). The van der Waals surface area contributed by atoms with Gasteiger partial charge in [0.25, 0.3) is 15.9 Å². The minimum Gasteiger partial charge on any atom is -0.465 e. The highest BCUT2D eigenvalue weighted by molar-refractivity contribution is 7.92. The zero-order valence-corrected chi connectivity index (χ0v) is 19.3. The molecule has 0 radical (unpaired) electrons. The summed E-state index contributed by atoms with van der Waals surface area (Å²) in [4.78, 5) is 25.1. The second kappa shape index (κ2) is 8.71. The molecule has 0 unspecified atom stereocenters. The Labute approximate surface area is 193 Å². The van der Waals surface area contributed by atoms with Gasteiger partial charge in [0.1, 0.15) is 0 Å². The molecule has 0 aromatic heterocycles. The Morgan fingerprint density at radius 2 is 1.73 bits per heavy atom. The van der Waals surface area contributed by atoms with Gasteiger partial charge in [-0.3, -0.25) is 9.10 Å². The van der Waals surface area contributed by atoms with E-state index in [1.165, 1.54) is 11.4 Å². The molecule has 0 bridgehead atoms. The first-order valence-electron chi connectivity index (χ1n) is 10.4. The fraction of sp³-hybridized carbons (Fsp3) is 0.200. The van der Waals surface area contributed by atoms with Crippen LogP contribution in [0.25, 0.3) is 0 Å². The summed E-state index contributed by atoms with van der Waals surface area (Å²) in [6.07, 6.45) is 0.486. The van der Waals surface area contributed by atoms with Crippen LogP contribution < -0.4 is 9.62 Å². The Morgan fingerprint density at radius 1 is 1.03 bits per heavy atom. The number of benzene rings is 3. The Morgan fingerprint density at radius 3 is 2.42 bits per heavy atom. The highest BCUT2D eigenvalue weighted by Crippen LogP contribution is 2.37. The molecule has 1 aliphatic heterocycles. The summed E-state index contributed by atoms with van der Waals surface area (Å²) in [6.45, 7) is 3.75. The number of fused-ring (bicyclic) bond motifs is 1. The Hall–Kier alpha value is -3.65. The second-order valence-corrected chi connectivity index (χ2v) is 9.82. The van der Waals surface area contributed by atoms with Gasteiger partial charge in [0.05, 0.1) is 28.9 Å². The third-order valence-electron chi connectivity index (χ3n) is 5.65. The molecule has 0 fully saturated rings. The maximum absolute atomic E-state index is 13.3. The van der Waals surface area contributed by atoms with Crippen LogP contribution in [-0.2, 0) is 21.2 Å². The molecular formula is C25H24N2O5S. The number of esters is 1. The van der Waals surface area contributed by atoms with Gasteiger partial charge in [-0.2, -0.15) is 0 Å². The lowest BCUT2D eigenvalue weighted by Gasteiger charge is -2.24. The van der Waals surface area contributed by atoms with Crippen molar-refractivity contribution in [3.63, 3.8) is 0 Å². The van der Waals surface area contributed by atoms with Crippen molar-refractivity contribution in [1.29, 1.82) is 0 Å². The summed E-state index contributed by atoms with van der Waals surface area (Å²) >= 11 is 0. The number of aryl methyl sites for hydroxylation is 1. The van der Waals surface area contributed by atoms with E-state index in [0.29, 0.717) is 23.4 Å². The number of para-hydroxylation sites is 1. The van der Waals surface area contributed by atoms with Crippen LogP contribution in [0.15, 0.2) is 71.6 Å². The monoisotopic (exact) mass is 464 g/mol. The van der Waals surface area contributed by atoms with Crippen molar-refractivity contribution in [3.05, 3.63) is 89.0 Å². The van der Waals surface area contributed by atoms with Crippen molar-refractivity contribution < 1.29 is 22.7 Å². The molecule has 1 aliphatic rings. The molecule has 1 atom stereocenters. The Kier molecular flexibility index (Phi) is 5.95. The second-order valence-electron chi connectivity index (χ2n) is 8.00. The number of methoxy groups -OCH3 is 1. The molecule has 7 nitrogen and oxygen atoms in total. The number of amides is 1. The van der Waals surface area contributed by atoms with E-state index in [0.717, 1.165) is 11.1 Å². The Balaban J connectivity index is 1.63. The molecule has 1 N–H and O–H groups in total. The molecule has 33 heavy (non-hydrogen) atoms. The molecule has 0 spiro atoms. The molecule has 1 heterocycles. The highest BCUT2D eigenvalue weighted by Gasteiger charge is 2.36. The predicted octanol–water partition coefficient (Wildman–Crippen LogP) is 4.17. The number of carbonyl (C=O) groups excluding carboxylic acids is 2. The van der Waals surface area contributed by atoms with Crippen molar-refractivity contribution in [1.82, 2.24) is 0 Å². The van der Waals surface area contributed by atoms with Crippen LogP contribution in [0, 0.1) is 6.92 Å². The molecule has 3 aromatic carbocycles. The lowest BCUT2D eigenvalue weighted by atomic mass is 10.1. The molecule has 170 valence electrons.